The lowest BCUT2D eigenvalue weighted by atomic mass is 10.1. The molecule has 194 valence electrons. The van der Waals surface area contributed by atoms with Crippen LogP contribution >= 0.6 is 0 Å². The number of pyridine rings is 1. The van der Waals surface area contributed by atoms with Crippen LogP contribution in [0.15, 0.2) is 102 Å². The number of rotatable bonds is 12. The van der Waals surface area contributed by atoms with Crippen LogP contribution in [0.25, 0.3) is 11.3 Å². The van der Waals surface area contributed by atoms with Crippen LogP contribution in [0, 0.1) is 5.82 Å². The van der Waals surface area contributed by atoms with E-state index in [9.17, 15) is 14.3 Å². The number of aromatic nitrogens is 1. The maximum atomic E-state index is 13.1. The number of halogens is 1. The molecule has 1 aromatic heterocycles. The molecule has 38 heavy (non-hydrogen) atoms. The number of nitrogens with zero attached hydrogens (tertiary/aromatic N) is 2. The fourth-order valence-corrected chi connectivity index (χ4v) is 3.60. The van der Waals surface area contributed by atoms with Gasteiger partial charge in [-0.15, -0.1) is 0 Å². The van der Waals surface area contributed by atoms with Gasteiger partial charge in [0.05, 0.1) is 11.4 Å². The predicted molar refractivity (Wildman–Crippen MR) is 142 cm³/mol. The van der Waals surface area contributed by atoms with Crippen molar-refractivity contribution in [2.75, 3.05) is 13.2 Å². The summed E-state index contributed by atoms with van der Waals surface area (Å²) in [6.45, 7) is 2.43. The molecule has 0 spiro atoms. The molecule has 8 heteroatoms. The maximum absolute atomic E-state index is 13.1. The minimum absolute atomic E-state index is 0.146. The molecular formula is C30H27FN2O5. The lowest BCUT2D eigenvalue weighted by Gasteiger charge is -2.15. The highest BCUT2D eigenvalue weighted by Crippen LogP contribution is 2.19. The van der Waals surface area contributed by atoms with Crippen LogP contribution in [0.4, 0.5) is 4.39 Å². The zero-order valence-electron chi connectivity index (χ0n) is 20.8. The molecular weight excluding hydrogens is 487 g/mol. The Labute approximate surface area is 220 Å². The van der Waals surface area contributed by atoms with Crippen LogP contribution < -0.4 is 9.47 Å². The van der Waals surface area contributed by atoms with Gasteiger partial charge in [-0.3, -0.25) is 4.98 Å². The van der Waals surface area contributed by atoms with Crippen LogP contribution in [0.3, 0.4) is 0 Å². The van der Waals surface area contributed by atoms with Crippen LogP contribution in [0.5, 0.6) is 11.5 Å². The maximum Gasteiger partial charge on any atom is 0.345 e. The molecule has 1 atom stereocenters. The third-order valence-electron chi connectivity index (χ3n) is 5.62. The highest BCUT2D eigenvalue weighted by Gasteiger charge is 2.20. The quantitative estimate of drug-likeness (QED) is 0.146. The SMILES string of the molecule is CC(=NOCCOc1ccc(CC(Oc2ccc(F)cc2)C(=O)O)cc1)c1ccc(-c2ccccn2)cc1. The molecule has 1 heterocycles. The van der Waals surface area contributed by atoms with E-state index in [2.05, 4.69) is 10.1 Å². The first kappa shape index (κ1) is 26.3. The Morgan fingerprint density at radius 1 is 0.921 bits per heavy atom. The van der Waals surface area contributed by atoms with Gasteiger partial charge in [-0.2, -0.15) is 0 Å². The van der Waals surface area contributed by atoms with Gasteiger partial charge in [0.15, 0.2) is 12.7 Å². The van der Waals surface area contributed by atoms with Crippen LogP contribution in [-0.4, -0.2) is 41.1 Å². The van der Waals surface area contributed by atoms with Crippen molar-refractivity contribution in [3.63, 3.8) is 0 Å². The fourth-order valence-electron chi connectivity index (χ4n) is 3.60. The molecule has 0 aliphatic heterocycles. The standard InChI is InChI=1S/C30H27FN2O5/c1-21(23-7-9-24(10-8-23)28-4-2-3-17-32-28)33-37-19-18-36-26-13-5-22(6-14-26)20-29(30(34)35)38-27-15-11-25(31)12-16-27/h2-17,29H,18-20H2,1H3,(H,34,35). The third-order valence-corrected chi connectivity index (χ3v) is 5.62. The lowest BCUT2D eigenvalue weighted by Crippen LogP contribution is -2.29. The Balaban J connectivity index is 1.21. The number of carboxylic acids is 1. The van der Waals surface area contributed by atoms with Gasteiger partial charge in [0.1, 0.15) is 23.9 Å². The summed E-state index contributed by atoms with van der Waals surface area (Å²) < 4.78 is 24.3. The number of ether oxygens (including phenoxy) is 2. The van der Waals surface area contributed by atoms with E-state index in [1.807, 2.05) is 49.4 Å². The molecule has 0 bridgehead atoms. The molecule has 4 aromatic rings. The lowest BCUT2D eigenvalue weighted by molar-refractivity contribution is -0.145. The van der Waals surface area contributed by atoms with Crippen molar-refractivity contribution in [1.82, 2.24) is 4.98 Å². The molecule has 0 saturated heterocycles. The monoisotopic (exact) mass is 514 g/mol. The molecule has 0 aliphatic carbocycles. The number of hydrogen-bond acceptors (Lipinski definition) is 6. The molecule has 0 fully saturated rings. The van der Waals surface area contributed by atoms with Gasteiger partial charge in [-0.05, 0) is 66.6 Å². The van der Waals surface area contributed by atoms with E-state index in [1.165, 1.54) is 24.3 Å². The molecule has 4 rings (SSSR count). The summed E-state index contributed by atoms with van der Waals surface area (Å²) in [5.41, 5.74) is 4.40. The van der Waals surface area contributed by atoms with Crippen molar-refractivity contribution in [2.45, 2.75) is 19.4 Å². The molecule has 3 aromatic carbocycles. The Bertz CT molecular complexity index is 1340. The van der Waals surface area contributed by atoms with Crippen molar-refractivity contribution in [2.24, 2.45) is 5.16 Å². The molecule has 0 aliphatic rings. The minimum atomic E-state index is -1.10. The Hall–Kier alpha value is -4.72. The number of aliphatic carboxylic acids is 1. The fraction of sp³-hybridized carbons (Fsp3) is 0.167. The van der Waals surface area contributed by atoms with E-state index in [-0.39, 0.29) is 18.8 Å². The van der Waals surface area contributed by atoms with Gasteiger partial charge in [0, 0.05) is 18.2 Å². The van der Waals surface area contributed by atoms with Gasteiger partial charge >= 0.3 is 5.97 Å². The largest absolute Gasteiger partial charge is 0.490 e. The Morgan fingerprint density at radius 3 is 2.29 bits per heavy atom. The summed E-state index contributed by atoms with van der Waals surface area (Å²) in [5, 5.41) is 13.7. The highest BCUT2D eigenvalue weighted by molar-refractivity contribution is 5.98. The van der Waals surface area contributed by atoms with Gasteiger partial charge in [0.2, 0.25) is 0 Å². The van der Waals surface area contributed by atoms with Gasteiger partial charge in [-0.25, -0.2) is 9.18 Å². The van der Waals surface area contributed by atoms with Gasteiger partial charge in [-0.1, -0.05) is 47.6 Å². The Kier molecular flexibility index (Phi) is 9.02. The average molecular weight is 515 g/mol. The molecule has 1 unspecified atom stereocenters. The molecule has 0 radical (unpaired) electrons. The molecule has 7 nitrogen and oxygen atoms in total. The topological polar surface area (TPSA) is 90.2 Å². The number of benzene rings is 3. The molecule has 0 amide bonds. The third kappa shape index (κ3) is 7.64. The Morgan fingerprint density at radius 2 is 1.63 bits per heavy atom. The number of hydrogen-bond donors (Lipinski definition) is 1. The first-order valence-corrected chi connectivity index (χ1v) is 12.0. The highest BCUT2D eigenvalue weighted by atomic mass is 19.1. The number of carboxylic acid groups (broad SMARTS) is 1. The zero-order chi connectivity index (χ0) is 26.7. The van der Waals surface area contributed by atoms with E-state index in [0.717, 1.165) is 28.1 Å². The second kappa shape index (κ2) is 13.0. The van der Waals surface area contributed by atoms with Crippen LogP contribution in [0.2, 0.25) is 0 Å². The first-order valence-electron chi connectivity index (χ1n) is 12.0. The van der Waals surface area contributed by atoms with Crippen molar-refractivity contribution in [1.29, 1.82) is 0 Å². The summed E-state index contributed by atoms with van der Waals surface area (Å²) in [4.78, 5) is 21.4. The van der Waals surface area contributed by atoms with E-state index in [1.54, 1.807) is 30.5 Å². The second-order valence-corrected chi connectivity index (χ2v) is 8.40. The predicted octanol–water partition coefficient (Wildman–Crippen LogP) is 5.78. The van der Waals surface area contributed by atoms with Crippen LogP contribution in [-0.2, 0) is 16.1 Å². The van der Waals surface area contributed by atoms with E-state index >= 15 is 0 Å². The summed E-state index contributed by atoms with van der Waals surface area (Å²) in [6, 6.07) is 26.0. The van der Waals surface area contributed by atoms with E-state index in [4.69, 9.17) is 14.3 Å². The number of carbonyl (C=O) groups is 1. The summed E-state index contributed by atoms with van der Waals surface area (Å²) in [5.74, 6) is -0.613. The van der Waals surface area contributed by atoms with Gasteiger partial charge < -0.3 is 19.4 Å². The summed E-state index contributed by atoms with van der Waals surface area (Å²) in [6.07, 6.45) is 0.808. The normalized spacial score (nSPS) is 12.0. The molecule has 1 N–H and O–H groups in total. The van der Waals surface area contributed by atoms with E-state index in [0.29, 0.717) is 12.4 Å². The second-order valence-electron chi connectivity index (χ2n) is 8.40. The van der Waals surface area contributed by atoms with Gasteiger partial charge in [0.25, 0.3) is 0 Å². The van der Waals surface area contributed by atoms with Crippen molar-refractivity contribution in [3.05, 3.63) is 114 Å². The minimum Gasteiger partial charge on any atom is -0.490 e. The first-order chi connectivity index (χ1) is 18.5. The summed E-state index contributed by atoms with van der Waals surface area (Å²) in [7, 11) is 0. The van der Waals surface area contributed by atoms with Crippen molar-refractivity contribution in [3.8, 4) is 22.8 Å². The summed E-state index contributed by atoms with van der Waals surface area (Å²) >= 11 is 0. The van der Waals surface area contributed by atoms with Crippen LogP contribution in [0.1, 0.15) is 18.1 Å². The van der Waals surface area contributed by atoms with Crippen molar-refractivity contribution < 1.29 is 28.6 Å². The zero-order valence-corrected chi connectivity index (χ0v) is 20.8. The smallest absolute Gasteiger partial charge is 0.345 e. The number of oxime groups is 1. The average Bonchev–Trinajstić information content (AvgIpc) is 2.95. The molecule has 0 saturated carbocycles. The van der Waals surface area contributed by atoms with E-state index < -0.39 is 17.9 Å². The van der Waals surface area contributed by atoms with Crippen molar-refractivity contribution >= 4 is 11.7 Å².